The maximum atomic E-state index is 13.3. The molecule has 2 aromatic carbocycles. The van der Waals surface area contributed by atoms with E-state index >= 15 is 0 Å². The number of quaternary nitrogens is 1. The van der Waals surface area contributed by atoms with E-state index in [1.54, 1.807) is 12.1 Å². The Labute approximate surface area is 196 Å². The van der Waals surface area contributed by atoms with Crippen LogP contribution in [0.15, 0.2) is 54.6 Å². The number of nitrogens with zero attached hydrogens (tertiary/aromatic N) is 1. The van der Waals surface area contributed by atoms with Crippen LogP contribution in [0.4, 0.5) is 0 Å². The van der Waals surface area contributed by atoms with Crippen molar-refractivity contribution in [1.29, 1.82) is 0 Å². The Balaban J connectivity index is 0.00000256. The van der Waals surface area contributed by atoms with Gasteiger partial charge in [0.15, 0.2) is 0 Å². The van der Waals surface area contributed by atoms with Crippen LogP contribution in [0, 0.1) is 24.7 Å². The van der Waals surface area contributed by atoms with Gasteiger partial charge in [-0.3, -0.25) is 0 Å². The van der Waals surface area contributed by atoms with E-state index in [4.69, 9.17) is 4.74 Å². The standard InChI is InChI=1S/C25H32NO3.HI/c1-18-9-13-22(14-10-18)25(28,21-7-5-4-6-8-21)24(27)29-17-23-19-11-12-20(23)16-26(2,3)15-19;/h4-10,13-14,19-20,23,28H,11-12,15-17H2,1-3H3;1H/q+1;/p-1. The monoisotopic (exact) mass is 521 g/mol. The Kier molecular flexibility index (Phi) is 6.94. The molecule has 0 amide bonds. The zero-order chi connectivity index (χ0) is 20.6. The Morgan fingerprint density at radius 3 is 2.10 bits per heavy atom. The highest BCUT2D eigenvalue weighted by molar-refractivity contribution is 5.85. The van der Waals surface area contributed by atoms with Gasteiger partial charge in [0.05, 0.1) is 33.8 Å². The summed E-state index contributed by atoms with van der Waals surface area (Å²) < 4.78 is 6.89. The van der Waals surface area contributed by atoms with Crippen molar-refractivity contribution in [3.8, 4) is 0 Å². The average Bonchev–Trinajstić information content (AvgIpc) is 2.97. The lowest BCUT2D eigenvalue weighted by atomic mass is 9.84. The molecule has 3 unspecified atom stereocenters. The first-order chi connectivity index (χ1) is 13.8. The van der Waals surface area contributed by atoms with E-state index in [9.17, 15) is 9.90 Å². The van der Waals surface area contributed by atoms with Crippen LogP contribution in [0.3, 0.4) is 0 Å². The van der Waals surface area contributed by atoms with Crippen LogP contribution in [0.25, 0.3) is 0 Å². The molecule has 162 valence electrons. The number of esters is 1. The molecule has 1 saturated carbocycles. The highest BCUT2D eigenvalue weighted by Crippen LogP contribution is 2.44. The van der Waals surface area contributed by atoms with Crippen molar-refractivity contribution < 1.29 is 43.1 Å². The number of carbonyl (C=O) groups is 1. The van der Waals surface area contributed by atoms with E-state index in [0.29, 0.717) is 35.5 Å². The first kappa shape index (κ1) is 23.2. The molecule has 5 heteroatoms. The highest BCUT2D eigenvalue weighted by atomic mass is 127. The second-order valence-electron chi connectivity index (χ2n) is 9.60. The van der Waals surface area contributed by atoms with Gasteiger partial charge in [-0.1, -0.05) is 60.2 Å². The second-order valence-corrected chi connectivity index (χ2v) is 9.60. The number of hydrogen-bond donors (Lipinski definition) is 1. The summed E-state index contributed by atoms with van der Waals surface area (Å²) in [5.74, 6) is 1.02. The molecular weight excluding hydrogens is 489 g/mol. The van der Waals surface area contributed by atoms with E-state index in [-0.39, 0.29) is 24.0 Å². The smallest absolute Gasteiger partial charge is 0.347 e. The first-order valence-electron chi connectivity index (χ1n) is 10.6. The van der Waals surface area contributed by atoms with Crippen LogP contribution in [0.2, 0.25) is 0 Å². The van der Waals surface area contributed by atoms with E-state index < -0.39 is 11.6 Å². The third-order valence-electron chi connectivity index (χ3n) is 6.94. The molecule has 1 saturated heterocycles. The van der Waals surface area contributed by atoms with Crippen LogP contribution in [-0.4, -0.2) is 49.4 Å². The Bertz CT molecular complexity index is 852. The van der Waals surface area contributed by atoms with Crippen LogP contribution in [0.5, 0.6) is 0 Å². The van der Waals surface area contributed by atoms with Crippen molar-refractivity contribution in [1.82, 2.24) is 0 Å². The molecule has 4 rings (SSSR count). The first-order valence-corrected chi connectivity index (χ1v) is 10.6. The van der Waals surface area contributed by atoms with Crippen molar-refractivity contribution in [3.05, 3.63) is 71.3 Å². The fourth-order valence-electron chi connectivity index (χ4n) is 5.46. The molecule has 3 atom stereocenters. The molecule has 2 aromatic rings. The minimum absolute atomic E-state index is 0. The minimum Gasteiger partial charge on any atom is -1.00 e. The van der Waals surface area contributed by atoms with Crippen LogP contribution >= 0.6 is 0 Å². The zero-order valence-corrected chi connectivity index (χ0v) is 20.2. The maximum Gasteiger partial charge on any atom is 0.347 e. The number of fused-ring (bicyclic) bond motifs is 2. The molecule has 1 N–H and O–H groups in total. The van der Waals surface area contributed by atoms with E-state index in [1.165, 1.54) is 12.8 Å². The van der Waals surface area contributed by atoms with Gasteiger partial charge in [-0.05, 0) is 30.9 Å². The fraction of sp³-hybridized carbons (Fsp3) is 0.480. The number of halogens is 1. The summed E-state index contributed by atoms with van der Waals surface area (Å²) in [6, 6.07) is 16.6. The van der Waals surface area contributed by atoms with Gasteiger partial charge in [0.1, 0.15) is 0 Å². The molecule has 4 nitrogen and oxygen atoms in total. The molecule has 1 aliphatic carbocycles. The second kappa shape index (κ2) is 8.97. The lowest BCUT2D eigenvalue weighted by molar-refractivity contribution is -0.902. The van der Waals surface area contributed by atoms with Crippen molar-refractivity contribution >= 4 is 5.97 Å². The summed E-state index contributed by atoms with van der Waals surface area (Å²) >= 11 is 0. The number of aryl methyl sites for hydroxylation is 1. The number of rotatable bonds is 5. The van der Waals surface area contributed by atoms with Gasteiger partial charge in [-0.2, -0.15) is 0 Å². The molecule has 0 aromatic heterocycles. The van der Waals surface area contributed by atoms with Gasteiger partial charge < -0.3 is 38.3 Å². The number of piperidine rings is 1. The minimum atomic E-state index is -1.79. The zero-order valence-electron chi connectivity index (χ0n) is 18.1. The third-order valence-corrected chi connectivity index (χ3v) is 6.94. The van der Waals surface area contributed by atoms with Crippen LogP contribution in [-0.2, 0) is 15.1 Å². The lowest BCUT2D eigenvalue weighted by Gasteiger charge is -2.42. The fourth-order valence-corrected chi connectivity index (χ4v) is 5.46. The van der Waals surface area contributed by atoms with Gasteiger partial charge in [0.25, 0.3) is 0 Å². The SMILES string of the molecule is Cc1ccc(C(O)(C(=O)OCC2C3CCC2C[N+](C)(C)C3)c2ccccc2)cc1.[I-]. The van der Waals surface area contributed by atoms with Crippen molar-refractivity contribution in [2.75, 3.05) is 33.8 Å². The van der Waals surface area contributed by atoms with Gasteiger partial charge in [0, 0.05) is 17.8 Å². The summed E-state index contributed by atoms with van der Waals surface area (Å²) in [5, 5.41) is 11.6. The van der Waals surface area contributed by atoms with Crippen molar-refractivity contribution in [3.63, 3.8) is 0 Å². The summed E-state index contributed by atoms with van der Waals surface area (Å²) in [7, 11) is 4.58. The lowest BCUT2D eigenvalue weighted by Crippen LogP contribution is -3.00. The third kappa shape index (κ3) is 4.43. The van der Waals surface area contributed by atoms with Crippen LogP contribution < -0.4 is 24.0 Å². The number of likely N-dealkylation sites (tertiary alicyclic amines) is 1. The summed E-state index contributed by atoms with van der Waals surface area (Å²) in [6.07, 6.45) is 2.44. The van der Waals surface area contributed by atoms with E-state index in [2.05, 4.69) is 14.1 Å². The summed E-state index contributed by atoms with van der Waals surface area (Å²) in [4.78, 5) is 13.3. The molecule has 2 bridgehead atoms. The number of aliphatic hydroxyl groups is 1. The van der Waals surface area contributed by atoms with Crippen molar-refractivity contribution in [2.24, 2.45) is 17.8 Å². The quantitative estimate of drug-likeness (QED) is 0.355. The summed E-state index contributed by atoms with van der Waals surface area (Å²) in [5.41, 5.74) is 0.372. The molecule has 0 radical (unpaired) electrons. The van der Waals surface area contributed by atoms with Crippen molar-refractivity contribution in [2.45, 2.75) is 25.4 Å². The molecular formula is C25H32INO3. The Morgan fingerprint density at radius 2 is 1.53 bits per heavy atom. The normalized spacial score (nSPS) is 26.3. The largest absolute Gasteiger partial charge is 1.00 e. The van der Waals surface area contributed by atoms with E-state index in [0.717, 1.165) is 23.1 Å². The summed E-state index contributed by atoms with van der Waals surface area (Å²) in [6.45, 7) is 4.66. The predicted molar refractivity (Wildman–Crippen MR) is 113 cm³/mol. The molecule has 2 fully saturated rings. The van der Waals surface area contributed by atoms with Gasteiger partial charge >= 0.3 is 5.97 Å². The molecule has 30 heavy (non-hydrogen) atoms. The topological polar surface area (TPSA) is 46.5 Å². The number of hydrogen-bond acceptors (Lipinski definition) is 3. The Morgan fingerprint density at radius 1 is 1.00 bits per heavy atom. The van der Waals surface area contributed by atoms with Gasteiger partial charge in [0.2, 0.25) is 5.60 Å². The Hall–Kier alpha value is -1.44. The van der Waals surface area contributed by atoms with E-state index in [1.807, 2.05) is 49.4 Å². The number of ether oxygens (including phenoxy) is 1. The highest BCUT2D eigenvalue weighted by Gasteiger charge is 2.48. The predicted octanol–water partition coefficient (Wildman–Crippen LogP) is 0.511. The molecule has 2 aliphatic rings. The molecule has 1 aliphatic heterocycles. The van der Waals surface area contributed by atoms with Gasteiger partial charge in [-0.15, -0.1) is 0 Å². The molecule has 0 spiro atoms. The maximum absolute atomic E-state index is 13.3. The van der Waals surface area contributed by atoms with Crippen LogP contribution in [0.1, 0.15) is 29.5 Å². The van der Waals surface area contributed by atoms with Gasteiger partial charge in [-0.25, -0.2) is 4.79 Å². The number of benzene rings is 2. The average molecular weight is 521 g/mol. The molecule has 1 heterocycles. The number of carbonyl (C=O) groups excluding carboxylic acids is 1.